The van der Waals surface area contributed by atoms with Crippen molar-refractivity contribution in [2.45, 2.75) is 26.1 Å². The monoisotopic (exact) mass is 471 g/mol. The molecule has 2 aromatic carbocycles. The minimum atomic E-state index is -1.66. The fourth-order valence-electron chi connectivity index (χ4n) is 3.55. The molecule has 0 unspecified atom stereocenters. The van der Waals surface area contributed by atoms with Gasteiger partial charge in [0.15, 0.2) is 17.6 Å². The Morgan fingerprint density at radius 2 is 1.68 bits per heavy atom. The molecule has 0 bridgehead atoms. The number of carbonyl (C=O) groups excluding carboxylic acids is 3. The smallest absolute Gasteiger partial charge is 0.377 e. The van der Waals surface area contributed by atoms with E-state index in [4.69, 9.17) is 4.74 Å². The van der Waals surface area contributed by atoms with Crippen LogP contribution in [0.25, 0.3) is 0 Å². The summed E-state index contributed by atoms with van der Waals surface area (Å²) in [7, 11) is 0. The number of benzene rings is 2. The van der Waals surface area contributed by atoms with E-state index in [0.29, 0.717) is 0 Å². The summed E-state index contributed by atoms with van der Waals surface area (Å²) in [5.74, 6) is -4.91. The highest BCUT2D eigenvalue weighted by Crippen LogP contribution is 2.28. The second kappa shape index (κ2) is 10.3. The molecule has 10 heteroatoms. The van der Waals surface area contributed by atoms with E-state index in [-0.39, 0.29) is 22.4 Å². The number of ether oxygens (including phenoxy) is 2. The molecule has 34 heavy (non-hydrogen) atoms. The van der Waals surface area contributed by atoms with Crippen molar-refractivity contribution in [3.63, 3.8) is 0 Å². The van der Waals surface area contributed by atoms with Gasteiger partial charge < -0.3 is 34.8 Å². The molecule has 1 aliphatic heterocycles. The van der Waals surface area contributed by atoms with Crippen LogP contribution in [-0.4, -0.2) is 70.1 Å². The Kier molecular flexibility index (Phi) is 7.42. The first-order chi connectivity index (χ1) is 16.2. The van der Waals surface area contributed by atoms with Gasteiger partial charge in [0.2, 0.25) is 5.76 Å². The van der Waals surface area contributed by atoms with E-state index in [9.17, 15) is 34.8 Å². The molecule has 3 rings (SSSR count). The van der Waals surface area contributed by atoms with Crippen molar-refractivity contribution >= 4 is 23.4 Å². The molecule has 2 aromatic rings. The predicted molar refractivity (Wildman–Crippen MR) is 120 cm³/mol. The molecule has 0 radical (unpaired) electrons. The lowest BCUT2D eigenvalue weighted by Gasteiger charge is -2.21. The minimum Gasteiger partial charge on any atom is -0.507 e. The van der Waals surface area contributed by atoms with Gasteiger partial charge in [-0.25, -0.2) is 9.59 Å². The summed E-state index contributed by atoms with van der Waals surface area (Å²) in [5.41, 5.74) is 0.606. The SMILES string of the molecule is CCN(CC)c1ccc(C(=O)c2ccccc2C(=O)OC[C@@H](O)[C@H]2OC(=O)C(O)=C2O)c(O)c1. The maximum atomic E-state index is 13.1. The number of esters is 2. The molecule has 4 N–H and O–H groups in total. The van der Waals surface area contributed by atoms with E-state index in [2.05, 4.69) is 4.74 Å². The third-order valence-electron chi connectivity index (χ3n) is 5.42. The van der Waals surface area contributed by atoms with Crippen LogP contribution in [0.3, 0.4) is 0 Å². The lowest BCUT2D eigenvalue weighted by molar-refractivity contribution is -0.147. The van der Waals surface area contributed by atoms with Gasteiger partial charge in [-0.2, -0.15) is 0 Å². The number of hydrogen-bond donors (Lipinski definition) is 4. The molecule has 0 saturated carbocycles. The average molecular weight is 471 g/mol. The van der Waals surface area contributed by atoms with Crippen LogP contribution in [0, 0.1) is 0 Å². The highest BCUT2D eigenvalue weighted by molar-refractivity contribution is 6.15. The van der Waals surface area contributed by atoms with Crippen molar-refractivity contribution in [3.8, 4) is 5.75 Å². The summed E-state index contributed by atoms with van der Waals surface area (Å²) in [4.78, 5) is 39.0. The molecule has 2 atom stereocenters. The number of ketones is 1. The van der Waals surface area contributed by atoms with Gasteiger partial charge in [-0.15, -0.1) is 0 Å². The topological polar surface area (TPSA) is 154 Å². The van der Waals surface area contributed by atoms with Crippen molar-refractivity contribution in [2.24, 2.45) is 0 Å². The van der Waals surface area contributed by atoms with Crippen LogP contribution in [0.2, 0.25) is 0 Å². The fraction of sp³-hybridized carbons (Fsp3) is 0.292. The molecule has 180 valence electrons. The van der Waals surface area contributed by atoms with E-state index in [1.807, 2.05) is 18.7 Å². The average Bonchev–Trinajstić information content (AvgIpc) is 3.10. The first-order valence-corrected chi connectivity index (χ1v) is 10.6. The predicted octanol–water partition coefficient (Wildman–Crippen LogP) is 2.24. The molecular formula is C24H25NO9. The maximum Gasteiger partial charge on any atom is 0.377 e. The Hall–Kier alpha value is -4.05. The van der Waals surface area contributed by atoms with E-state index < -0.39 is 48.1 Å². The zero-order valence-electron chi connectivity index (χ0n) is 18.6. The van der Waals surface area contributed by atoms with Gasteiger partial charge in [-0.3, -0.25) is 4.79 Å². The van der Waals surface area contributed by atoms with Gasteiger partial charge in [0.05, 0.1) is 11.1 Å². The number of phenolic OH excluding ortho intramolecular Hbond substituents is 1. The minimum absolute atomic E-state index is 0.000376. The molecule has 0 amide bonds. The van der Waals surface area contributed by atoms with Gasteiger partial charge in [0.25, 0.3) is 0 Å². The van der Waals surface area contributed by atoms with E-state index in [1.165, 1.54) is 30.3 Å². The first-order valence-electron chi connectivity index (χ1n) is 10.6. The number of hydrogen-bond acceptors (Lipinski definition) is 10. The first kappa shape index (κ1) is 24.6. The number of aliphatic hydroxyl groups is 3. The normalized spacial score (nSPS) is 16.2. The van der Waals surface area contributed by atoms with Crippen LogP contribution < -0.4 is 4.90 Å². The van der Waals surface area contributed by atoms with Gasteiger partial charge in [-0.05, 0) is 32.0 Å². The number of carbonyl (C=O) groups is 3. The maximum absolute atomic E-state index is 13.1. The second-order valence-corrected chi connectivity index (χ2v) is 7.47. The lowest BCUT2D eigenvalue weighted by atomic mass is 9.97. The Labute approximate surface area is 195 Å². The zero-order valence-corrected chi connectivity index (χ0v) is 18.6. The highest BCUT2D eigenvalue weighted by atomic mass is 16.6. The molecule has 0 saturated heterocycles. The molecule has 0 fully saturated rings. The summed E-state index contributed by atoms with van der Waals surface area (Å²) in [6.45, 7) is 4.68. The molecule has 0 aliphatic carbocycles. The van der Waals surface area contributed by atoms with Crippen LogP contribution in [0.1, 0.15) is 40.1 Å². The molecule has 0 aromatic heterocycles. The van der Waals surface area contributed by atoms with Gasteiger partial charge in [-0.1, -0.05) is 18.2 Å². The number of anilines is 1. The van der Waals surface area contributed by atoms with Crippen LogP contribution in [0.4, 0.5) is 5.69 Å². The van der Waals surface area contributed by atoms with Gasteiger partial charge in [0.1, 0.15) is 18.5 Å². The Bertz CT molecular complexity index is 1140. The number of rotatable bonds is 9. The van der Waals surface area contributed by atoms with Crippen LogP contribution in [-0.2, 0) is 14.3 Å². The Balaban J connectivity index is 1.77. The largest absolute Gasteiger partial charge is 0.507 e. The third kappa shape index (κ3) is 4.81. The standard InChI is InChI=1S/C24H25NO9/c1-3-25(4-2)13-9-10-16(17(26)11-13)19(28)14-7-5-6-8-15(14)23(31)33-12-18(27)22-20(29)21(30)24(32)34-22/h5-11,18,22,26-27,29-30H,3-4,12H2,1-2H3/t18-,22-/m1/s1. The van der Waals surface area contributed by atoms with Crippen LogP contribution in [0.15, 0.2) is 54.0 Å². The van der Waals surface area contributed by atoms with E-state index >= 15 is 0 Å². The molecule has 1 aliphatic rings. The summed E-state index contributed by atoms with van der Waals surface area (Å²) in [6.07, 6.45) is -3.24. The van der Waals surface area contributed by atoms with Crippen molar-refractivity contribution in [2.75, 3.05) is 24.6 Å². The number of phenols is 1. The molecule has 0 spiro atoms. The number of aliphatic hydroxyl groups excluding tert-OH is 3. The number of cyclic esters (lactones) is 1. The lowest BCUT2D eigenvalue weighted by Crippen LogP contribution is -2.33. The summed E-state index contributed by atoms with van der Waals surface area (Å²) in [6, 6.07) is 10.5. The number of aromatic hydroxyl groups is 1. The fourth-order valence-corrected chi connectivity index (χ4v) is 3.55. The van der Waals surface area contributed by atoms with Gasteiger partial charge >= 0.3 is 11.9 Å². The van der Waals surface area contributed by atoms with Crippen molar-refractivity contribution < 1.29 is 44.3 Å². The molecule has 10 nitrogen and oxygen atoms in total. The van der Waals surface area contributed by atoms with Gasteiger partial charge in [0, 0.05) is 30.4 Å². The van der Waals surface area contributed by atoms with Crippen molar-refractivity contribution in [3.05, 3.63) is 70.7 Å². The Morgan fingerprint density at radius 1 is 1.03 bits per heavy atom. The van der Waals surface area contributed by atoms with Crippen LogP contribution >= 0.6 is 0 Å². The number of nitrogens with zero attached hydrogens (tertiary/aromatic N) is 1. The summed E-state index contributed by atoms with van der Waals surface area (Å²) < 4.78 is 9.66. The summed E-state index contributed by atoms with van der Waals surface area (Å²) in [5, 5.41) is 39.5. The van der Waals surface area contributed by atoms with E-state index in [0.717, 1.165) is 18.8 Å². The zero-order chi connectivity index (χ0) is 25.0. The summed E-state index contributed by atoms with van der Waals surface area (Å²) >= 11 is 0. The molecular weight excluding hydrogens is 446 g/mol. The van der Waals surface area contributed by atoms with Crippen molar-refractivity contribution in [1.29, 1.82) is 0 Å². The Morgan fingerprint density at radius 3 is 2.24 bits per heavy atom. The second-order valence-electron chi connectivity index (χ2n) is 7.47. The van der Waals surface area contributed by atoms with Crippen LogP contribution in [0.5, 0.6) is 5.75 Å². The quantitative estimate of drug-likeness (QED) is 0.316. The third-order valence-corrected chi connectivity index (χ3v) is 5.42. The van der Waals surface area contributed by atoms with Crippen molar-refractivity contribution in [1.82, 2.24) is 0 Å². The van der Waals surface area contributed by atoms with E-state index in [1.54, 1.807) is 12.1 Å². The molecule has 1 heterocycles. The highest BCUT2D eigenvalue weighted by Gasteiger charge is 2.39.